The van der Waals surface area contributed by atoms with Crippen LogP contribution in [-0.2, 0) is 6.42 Å². The standard InChI is InChI=1S/C10H12BrN5S2/c1-3-6-15-10(18-16-6)17-9-7(11)8(12-4-2)13-5-14-9/h5H,3-4H2,1-2H3,(H,12,13,14). The lowest BCUT2D eigenvalue weighted by molar-refractivity contribution is 0.967. The first-order valence-electron chi connectivity index (χ1n) is 5.49. The highest BCUT2D eigenvalue weighted by Crippen LogP contribution is 2.35. The number of halogens is 1. The number of hydrogen-bond acceptors (Lipinski definition) is 7. The highest BCUT2D eigenvalue weighted by atomic mass is 79.9. The van der Waals surface area contributed by atoms with Gasteiger partial charge in [-0.15, -0.1) is 0 Å². The van der Waals surface area contributed by atoms with Gasteiger partial charge in [0.1, 0.15) is 23.0 Å². The summed E-state index contributed by atoms with van der Waals surface area (Å²) in [6.07, 6.45) is 2.40. The van der Waals surface area contributed by atoms with Crippen LogP contribution in [0.3, 0.4) is 0 Å². The Morgan fingerprint density at radius 3 is 2.89 bits per heavy atom. The summed E-state index contributed by atoms with van der Waals surface area (Å²) in [5.74, 6) is 1.68. The highest BCUT2D eigenvalue weighted by molar-refractivity contribution is 9.10. The molecule has 0 aliphatic rings. The average molecular weight is 346 g/mol. The fraction of sp³-hybridized carbons (Fsp3) is 0.400. The minimum Gasteiger partial charge on any atom is -0.369 e. The summed E-state index contributed by atoms with van der Waals surface area (Å²) in [6.45, 7) is 4.89. The van der Waals surface area contributed by atoms with Gasteiger partial charge in [0.05, 0.1) is 4.47 Å². The molecule has 2 heterocycles. The number of rotatable bonds is 5. The van der Waals surface area contributed by atoms with E-state index in [0.29, 0.717) is 0 Å². The molecular weight excluding hydrogens is 334 g/mol. The normalized spacial score (nSPS) is 10.6. The molecular formula is C10H12BrN5S2. The fourth-order valence-electron chi connectivity index (χ4n) is 1.22. The molecule has 0 bridgehead atoms. The van der Waals surface area contributed by atoms with Crippen molar-refractivity contribution in [2.45, 2.75) is 29.6 Å². The maximum Gasteiger partial charge on any atom is 0.176 e. The monoisotopic (exact) mass is 345 g/mol. The van der Waals surface area contributed by atoms with E-state index in [2.05, 4.69) is 40.6 Å². The first kappa shape index (κ1) is 13.7. The van der Waals surface area contributed by atoms with E-state index in [1.165, 1.54) is 23.3 Å². The molecule has 0 atom stereocenters. The summed E-state index contributed by atoms with van der Waals surface area (Å²) in [5, 5.41) is 4.02. The molecule has 0 aliphatic heterocycles. The molecule has 0 radical (unpaired) electrons. The highest BCUT2D eigenvalue weighted by Gasteiger charge is 2.12. The molecule has 5 nitrogen and oxygen atoms in total. The molecule has 0 aromatic carbocycles. The van der Waals surface area contributed by atoms with Crippen molar-refractivity contribution >= 4 is 45.0 Å². The third kappa shape index (κ3) is 3.18. The van der Waals surface area contributed by atoms with Crippen LogP contribution in [0.5, 0.6) is 0 Å². The molecule has 0 saturated carbocycles. The quantitative estimate of drug-likeness (QED) is 0.839. The van der Waals surface area contributed by atoms with Gasteiger partial charge in [-0.1, -0.05) is 6.92 Å². The van der Waals surface area contributed by atoms with Crippen molar-refractivity contribution in [1.82, 2.24) is 19.3 Å². The van der Waals surface area contributed by atoms with Crippen LogP contribution in [-0.4, -0.2) is 25.9 Å². The summed E-state index contributed by atoms with van der Waals surface area (Å²) in [6, 6.07) is 0. The maximum atomic E-state index is 4.41. The van der Waals surface area contributed by atoms with Gasteiger partial charge in [0.15, 0.2) is 4.34 Å². The van der Waals surface area contributed by atoms with Crippen molar-refractivity contribution in [1.29, 1.82) is 0 Å². The van der Waals surface area contributed by atoms with Gasteiger partial charge >= 0.3 is 0 Å². The molecule has 0 unspecified atom stereocenters. The maximum absolute atomic E-state index is 4.41. The molecule has 96 valence electrons. The Morgan fingerprint density at radius 2 is 2.22 bits per heavy atom. The Kier molecular flexibility index (Phi) is 4.90. The summed E-state index contributed by atoms with van der Waals surface area (Å²) >= 11 is 6.41. The van der Waals surface area contributed by atoms with Gasteiger partial charge < -0.3 is 5.32 Å². The largest absolute Gasteiger partial charge is 0.369 e. The molecule has 0 aliphatic carbocycles. The second-order valence-electron chi connectivity index (χ2n) is 3.30. The molecule has 2 aromatic rings. The smallest absolute Gasteiger partial charge is 0.176 e. The van der Waals surface area contributed by atoms with Crippen molar-refractivity contribution in [2.24, 2.45) is 0 Å². The van der Waals surface area contributed by atoms with Gasteiger partial charge in [0.2, 0.25) is 0 Å². The Labute approximate surface area is 122 Å². The lowest BCUT2D eigenvalue weighted by Gasteiger charge is -2.06. The third-order valence-corrected chi connectivity index (χ3v) is 4.86. The number of nitrogens with zero attached hydrogens (tertiary/aromatic N) is 4. The summed E-state index contributed by atoms with van der Waals surface area (Å²) in [7, 11) is 0. The SMILES string of the molecule is CCNc1ncnc(Sc2nc(CC)ns2)c1Br. The van der Waals surface area contributed by atoms with E-state index in [9.17, 15) is 0 Å². The molecule has 0 amide bonds. The third-order valence-electron chi connectivity index (χ3n) is 2.05. The van der Waals surface area contributed by atoms with Crippen LogP contribution in [0.25, 0.3) is 0 Å². The van der Waals surface area contributed by atoms with Crippen molar-refractivity contribution in [3.8, 4) is 0 Å². The van der Waals surface area contributed by atoms with Crippen LogP contribution in [0, 0.1) is 0 Å². The summed E-state index contributed by atoms with van der Waals surface area (Å²) in [5.41, 5.74) is 0. The van der Waals surface area contributed by atoms with Gasteiger partial charge in [-0.3, -0.25) is 0 Å². The Bertz CT molecular complexity index is 531. The second-order valence-corrected chi connectivity index (χ2v) is 6.08. The number of anilines is 1. The first-order valence-corrected chi connectivity index (χ1v) is 7.87. The zero-order valence-electron chi connectivity index (χ0n) is 9.97. The van der Waals surface area contributed by atoms with E-state index in [1.807, 2.05) is 13.8 Å². The van der Waals surface area contributed by atoms with Crippen molar-refractivity contribution < 1.29 is 0 Å². The number of aromatic nitrogens is 4. The Morgan fingerprint density at radius 1 is 1.39 bits per heavy atom. The second kappa shape index (κ2) is 6.44. The summed E-state index contributed by atoms with van der Waals surface area (Å²) < 4.78 is 6.02. The van der Waals surface area contributed by atoms with Crippen LogP contribution in [0.15, 0.2) is 20.2 Å². The molecule has 2 aromatic heterocycles. The molecule has 8 heteroatoms. The molecule has 0 fully saturated rings. The van der Waals surface area contributed by atoms with E-state index < -0.39 is 0 Å². The lowest BCUT2D eigenvalue weighted by atomic mass is 10.5. The van der Waals surface area contributed by atoms with E-state index in [4.69, 9.17) is 0 Å². The molecule has 0 spiro atoms. The number of nitrogens with one attached hydrogen (secondary N) is 1. The van der Waals surface area contributed by atoms with Gasteiger partial charge in [-0.25, -0.2) is 15.0 Å². The predicted molar refractivity (Wildman–Crippen MR) is 77.3 cm³/mol. The predicted octanol–water partition coefficient (Wildman–Crippen LogP) is 3.24. The topological polar surface area (TPSA) is 63.6 Å². The van der Waals surface area contributed by atoms with Gasteiger partial charge in [0, 0.05) is 13.0 Å². The van der Waals surface area contributed by atoms with Crippen LogP contribution >= 0.6 is 39.2 Å². The first-order chi connectivity index (χ1) is 8.74. The minimum absolute atomic E-state index is 0.801. The van der Waals surface area contributed by atoms with Crippen LogP contribution < -0.4 is 5.32 Å². The van der Waals surface area contributed by atoms with E-state index in [-0.39, 0.29) is 0 Å². The van der Waals surface area contributed by atoms with E-state index in [0.717, 1.165) is 38.4 Å². The molecule has 18 heavy (non-hydrogen) atoms. The number of hydrogen-bond donors (Lipinski definition) is 1. The zero-order chi connectivity index (χ0) is 13.0. The van der Waals surface area contributed by atoms with Crippen LogP contribution in [0.4, 0.5) is 5.82 Å². The van der Waals surface area contributed by atoms with E-state index in [1.54, 1.807) is 6.33 Å². The minimum atomic E-state index is 0.801. The van der Waals surface area contributed by atoms with Crippen molar-refractivity contribution in [3.63, 3.8) is 0 Å². The van der Waals surface area contributed by atoms with Crippen molar-refractivity contribution in [3.05, 3.63) is 16.6 Å². The lowest BCUT2D eigenvalue weighted by Crippen LogP contribution is -2.01. The van der Waals surface area contributed by atoms with Gasteiger partial charge in [-0.05, 0) is 46.1 Å². The number of aryl methyl sites for hydroxylation is 1. The zero-order valence-corrected chi connectivity index (χ0v) is 13.2. The average Bonchev–Trinajstić information content (AvgIpc) is 2.82. The fourth-order valence-corrected chi connectivity index (χ4v) is 3.41. The Balaban J connectivity index is 2.20. The van der Waals surface area contributed by atoms with Crippen molar-refractivity contribution in [2.75, 3.05) is 11.9 Å². The molecule has 2 rings (SSSR count). The van der Waals surface area contributed by atoms with Crippen LogP contribution in [0.2, 0.25) is 0 Å². The summed E-state index contributed by atoms with van der Waals surface area (Å²) in [4.78, 5) is 12.8. The Hall–Kier alpha value is -0.730. The molecule has 1 N–H and O–H groups in total. The van der Waals surface area contributed by atoms with Gasteiger partial charge in [0.25, 0.3) is 0 Å². The van der Waals surface area contributed by atoms with E-state index >= 15 is 0 Å². The van der Waals surface area contributed by atoms with Crippen LogP contribution in [0.1, 0.15) is 19.7 Å². The molecule has 0 saturated heterocycles. The van der Waals surface area contributed by atoms with Gasteiger partial charge in [-0.2, -0.15) is 4.37 Å².